The van der Waals surface area contributed by atoms with Gasteiger partial charge in [0.25, 0.3) is 0 Å². The van der Waals surface area contributed by atoms with Gasteiger partial charge in [-0.3, -0.25) is 0 Å². The molecule has 0 aliphatic heterocycles. The van der Waals surface area contributed by atoms with Gasteiger partial charge in [0, 0.05) is 11.6 Å². The highest BCUT2D eigenvalue weighted by Crippen LogP contribution is 2.39. The number of alkyl halides is 2. The Labute approximate surface area is 227 Å². The fourth-order valence-electron chi connectivity index (χ4n) is 4.21. The lowest BCUT2D eigenvalue weighted by molar-refractivity contribution is -0.187. The molecule has 0 unspecified atom stereocenters. The first kappa shape index (κ1) is 30.0. The summed E-state index contributed by atoms with van der Waals surface area (Å²) in [5.41, 5.74) is -2.48. The third kappa shape index (κ3) is 6.03. The molecule has 0 saturated carbocycles. The third-order valence-corrected chi connectivity index (χ3v) is 6.35. The van der Waals surface area contributed by atoms with Crippen molar-refractivity contribution in [3.63, 3.8) is 0 Å². The Balaban J connectivity index is 1.63. The van der Waals surface area contributed by atoms with E-state index >= 15 is 0 Å². The summed E-state index contributed by atoms with van der Waals surface area (Å²) in [4.78, 5) is 0. The molecule has 0 fully saturated rings. The number of rotatable bonds is 9. The summed E-state index contributed by atoms with van der Waals surface area (Å²) < 4.78 is 148. The molecule has 0 saturated heterocycles. The average Bonchev–Trinajstić information content (AvgIpc) is 2.92. The molecular formula is C30H20F10O. The van der Waals surface area contributed by atoms with Gasteiger partial charge in [-0.15, -0.1) is 0 Å². The smallest absolute Gasteiger partial charge is 0.429 e. The van der Waals surface area contributed by atoms with Gasteiger partial charge >= 0.3 is 6.11 Å². The maximum Gasteiger partial charge on any atom is 0.429 e. The van der Waals surface area contributed by atoms with Crippen LogP contribution in [0.4, 0.5) is 43.9 Å². The minimum atomic E-state index is -4.73. The first-order valence-corrected chi connectivity index (χ1v) is 12.3. The van der Waals surface area contributed by atoms with Crippen molar-refractivity contribution in [2.75, 3.05) is 0 Å². The Hall–Kier alpha value is -4.02. The van der Waals surface area contributed by atoms with Crippen LogP contribution in [0.3, 0.4) is 0 Å². The summed E-state index contributed by atoms with van der Waals surface area (Å²) in [6.45, 7) is 2.03. The molecule has 4 aromatic carbocycles. The monoisotopic (exact) mass is 586 g/mol. The van der Waals surface area contributed by atoms with Crippen molar-refractivity contribution in [3.05, 3.63) is 112 Å². The van der Waals surface area contributed by atoms with Crippen molar-refractivity contribution in [2.24, 2.45) is 0 Å². The Morgan fingerprint density at radius 2 is 1.39 bits per heavy atom. The number of aryl methyl sites for hydroxylation is 1. The first-order chi connectivity index (χ1) is 19.4. The Bertz CT molecular complexity index is 1630. The van der Waals surface area contributed by atoms with Gasteiger partial charge in [-0.25, -0.2) is 35.1 Å². The summed E-state index contributed by atoms with van der Waals surface area (Å²) in [6.07, 6.45) is -1.16. The molecule has 0 aliphatic rings. The van der Waals surface area contributed by atoms with E-state index in [1.54, 1.807) is 12.1 Å². The van der Waals surface area contributed by atoms with Gasteiger partial charge in [-0.1, -0.05) is 44.0 Å². The molecule has 0 spiro atoms. The van der Waals surface area contributed by atoms with Crippen molar-refractivity contribution < 1.29 is 48.6 Å². The summed E-state index contributed by atoms with van der Waals surface area (Å²) in [5.74, 6) is -16.2. The molecule has 1 nitrogen and oxygen atoms in total. The van der Waals surface area contributed by atoms with Gasteiger partial charge in [0.05, 0.1) is 10.9 Å². The van der Waals surface area contributed by atoms with Crippen LogP contribution in [0.25, 0.3) is 22.4 Å². The number of fused-ring (bicyclic) bond motifs is 1. The van der Waals surface area contributed by atoms with Crippen molar-refractivity contribution in [1.29, 1.82) is 0 Å². The van der Waals surface area contributed by atoms with Gasteiger partial charge in [0.1, 0.15) is 17.1 Å². The maximum absolute atomic E-state index is 14.8. The quantitative estimate of drug-likeness (QED) is 0.0821. The van der Waals surface area contributed by atoms with Gasteiger partial charge in [0.2, 0.25) is 0 Å². The minimum Gasteiger partial charge on any atom is -0.429 e. The molecule has 4 aromatic rings. The SMILES string of the molecule is CCCCCc1ccc(/C(F)=C(\F)c2ccc(C(F)(F)Oc3cc(F)c4c(F)c(F)c(F)cc4c3)c(F)c2F)cc1. The van der Waals surface area contributed by atoms with E-state index in [1.807, 2.05) is 6.92 Å². The summed E-state index contributed by atoms with van der Waals surface area (Å²) in [5, 5.41) is -1.76. The molecule has 0 atom stereocenters. The molecule has 0 heterocycles. The van der Waals surface area contributed by atoms with Crippen LogP contribution in [-0.4, -0.2) is 0 Å². The van der Waals surface area contributed by atoms with Crippen LogP contribution in [0.5, 0.6) is 5.75 Å². The predicted molar refractivity (Wildman–Crippen MR) is 133 cm³/mol. The van der Waals surface area contributed by atoms with E-state index in [9.17, 15) is 43.9 Å². The van der Waals surface area contributed by atoms with Gasteiger partial charge in [-0.05, 0) is 48.1 Å². The molecule has 0 N–H and O–H groups in total. The fraction of sp³-hybridized carbons (Fsp3) is 0.200. The Kier molecular flexibility index (Phi) is 8.65. The number of hydrogen-bond donors (Lipinski definition) is 0. The maximum atomic E-state index is 14.8. The highest BCUT2D eigenvalue weighted by atomic mass is 19.3. The third-order valence-electron chi connectivity index (χ3n) is 6.35. The molecule has 216 valence electrons. The molecule has 0 aromatic heterocycles. The van der Waals surface area contributed by atoms with Crippen molar-refractivity contribution in [1.82, 2.24) is 0 Å². The topological polar surface area (TPSA) is 9.23 Å². The van der Waals surface area contributed by atoms with Crippen LogP contribution < -0.4 is 4.74 Å². The zero-order chi connectivity index (χ0) is 30.1. The second-order valence-corrected chi connectivity index (χ2v) is 9.18. The largest absolute Gasteiger partial charge is 0.429 e. The van der Waals surface area contributed by atoms with E-state index in [4.69, 9.17) is 0 Å². The molecular weight excluding hydrogens is 566 g/mol. The zero-order valence-corrected chi connectivity index (χ0v) is 21.2. The minimum absolute atomic E-state index is 0.201. The van der Waals surface area contributed by atoms with Crippen molar-refractivity contribution >= 4 is 22.4 Å². The number of halogens is 10. The number of ether oxygens (including phenoxy) is 1. The highest BCUT2D eigenvalue weighted by molar-refractivity contribution is 5.85. The van der Waals surface area contributed by atoms with E-state index in [1.165, 1.54) is 12.1 Å². The van der Waals surface area contributed by atoms with Crippen molar-refractivity contribution in [3.8, 4) is 5.75 Å². The summed E-state index contributed by atoms with van der Waals surface area (Å²) >= 11 is 0. The fourth-order valence-corrected chi connectivity index (χ4v) is 4.21. The van der Waals surface area contributed by atoms with Crippen LogP contribution in [-0.2, 0) is 12.5 Å². The van der Waals surface area contributed by atoms with Crippen molar-refractivity contribution in [2.45, 2.75) is 38.7 Å². The van der Waals surface area contributed by atoms with Crippen LogP contribution in [0, 0.1) is 34.9 Å². The summed E-state index contributed by atoms with van der Waals surface area (Å²) in [7, 11) is 0. The van der Waals surface area contributed by atoms with E-state index in [-0.39, 0.29) is 17.7 Å². The summed E-state index contributed by atoms with van der Waals surface area (Å²) in [6, 6.07) is 7.23. The van der Waals surface area contributed by atoms with E-state index in [2.05, 4.69) is 4.74 Å². The number of unbranched alkanes of at least 4 members (excludes halogenated alkanes) is 2. The second-order valence-electron chi connectivity index (χ2n) is 9.18. The molecule has 4 rings (SSSR count). The lowest BCUT2D eigenvalue weighted by Gasteiger charge is -2.20. The van der Waals surface area contributed by atoms with Gasteiger partial charge < -0.3 is 4.74 Å². The predicted octanol–water partition coefficient (Wildman–Crippen LogP) is 10.3. The zero-order valence-electron chi connectivity index (χ0n) is 21.2. The van der Waals surface area contributed by atoms with E-state index in [0.717, 1.165) is 24.8 Å². The standard InChI is InChI=1S/C30H20F10O/c1-2-3-4-5-15-6-8-16(9-7-15)24(33)25(34)19-10-11-20(27(36)26(19)35)30(39,40)41-18-12-17-13-22(32)28(37)29(38)23(17)21(31)14-18/h6-14H,2-5H2,1H3/b25-24+. The molecule has 0 radical (unpaired) electrons. The molecule has 0 amide bonds. The second kappa shape index (κ2) is 11.8. The van der Waals surface area contributed by atoms with E-state index < -0.39 is 80.3 Å². The number of benzene rings is 4. The van der Waals surface area contributed by atoms with Crippen LogP contribution >= 0.6 is 0 Å². The van der Waals surface area contributed by atoms with Crippen LogP contribution in [0.15, 0.2) is 54.6 Å². The Morgan fingerprint density at radius 1 is 0.707 bits per heavy atom. The number of hydrogen-bond acceptors (Lipinski definition) is 1. The lowest BCUT2D eigenvalue weighted by atomic mass is 10.0. The molecule has 11 heteroatoms. The average molecular weight is 586 g/mol. The normalized spacial score (nSPS) is 12.6. The van der Waals surface area contributed by atoms with Gasteiger partial charge in [0.15, 0.2) is 40.7 Å². The van der Waals surface area contributed by atoms with E-state index in [0.29, 0.717) is 24.6 Å². The lowest BCUT2D eigenvalue weighted by Crippen LogP contribution is -2.24. The molecule has 41 heavy (non-hydrogen) atoms. The van der Waals surface area contributed by atoms with Crippen LogP contribution in [0.2, 0.25) is 0 Å². The van der Waals surface area contributed by atoms with Crippen LogP contribution in [0.1, 0.15) is 48.4 Å². The highest BCUT2D eigenvalue weighted by Gasteiger charge is 2.40. The molecule has 0 aliphatic carbocycles. The first-order valence-electron chi connectivity index (χ1n) is 12.3. The molecule has 0 bridgehead atoms. The van der Waals surface area contributed by atoms with Gasteiger partial charge in [-0.2, -0.15) is 8.78 Å². The Morgan fingerprint density at radius 3 is 2.05 bits per heavy atom.